The Labute approximate surface area is 132 Å². The number of nitrogens with one attached hydrogen (secondary N) is 1. The predicted octanol–water partition coefficient (Wildman–Crippen LogP) is 1.55. The van der Waals surface area contributed by atoms with Gasteiger partial charge in [0.15, 0.2) is 5.54 Å². The molecule has 1 aliphatic rings. The zero-order chi connectivity index (χ0) is 16.4. The fourth-order valence-electron chi connectivity index (χ4n) is 2.54. The first-order valence-corrected chi connectivity index (χ1v) is 7.27. The number of hydrogen-bond acceptors (Lipinski definition) is 5. The number of ether oxygens (including phenoxy) is 1. The molecule has 1 aromatic carbocycles. The summed E-state index contributed by atoms with van der Waals surface area (Å²) in [6.07, 6.45) is 0.0689. The van der Waals surface area contributed by atoms with Gasteiger partial charge in [-0.25, -0.2) is 9.78 Å². The first kappa shape index (κ1) is 15.1. The van der Waals surface area contributed by atoms with Crippen LogP contribution in [-0.2, 0) is 16.0 Å². The van der Waals surface area contributed by atoms with Gasteiger partial charge in [0.2, 0.25) is 11.8 Å². The van der Waals surface area contributed by atoms with E-state index in [0.29, 0.717) is 24.5 Å². The molecule has 7 nitrogen and oxygen atoms in total. The monoisotopic (exact) mass is 315 g/mol. The molecule has 1 unspecified atom stereocenters. The molecule has 1 saturated heterocycles. The van der Waals surface area contributed by atoms with Crippen molar-refractivity contribution < 1.29 is 18.7 Å². The Morgan fingerprint density at radius 1 is 1.39 bits per heavy atom. The van der Waals surface area contributed by atoms with Crippen LogP contribution in [0.2, 0.25) is 0 Å². The minimum atomic E-state index is -1.19. The van der Waals surface area contributed by atoms with E-state index in [1.54, 1.807) is 0 Å². The van der Waals surface area contributed by atoms with Crippen molar-refractivity contribution in [1.29, 1.82) is 0 Å². The molecule has 1 aromatic heterocycles. The van der Waals surface area contributed by atoms with Crippen molar-refractivity contribution in [3.63, 3.8) is 0 Å². The summed E-state index contributed by atoms with van der Waals surface area (Å²) in [5, 5.41) is 2.50. The normalized spacial score (nSPS) is 20.1. The maximum atomic E-state index is 11.7. The Kier molecular flexibility index (Phi) is 3.77. The van der Waals surface area contributed by atoms with Crippen LogP contribution in [0.1, 0.15) is 17.9 Å². The van der Waals surface area contributed by atoms with Crippen molar-refractivity contribution in [3.8, 4) is 11.5 Å². The van der Waals surface area contributed by atoms with Crippen molar-refractivity contribution in [2.75, 3.05) is 6.61 Å². The van der Waals surface area contributed by atoms with Gasteiger partial charge in [0.1, 0.15) is 12.4 Å². The van der Waals surface area contributed by atoms with Crippen molar-refractivity contribution in [1.82, 2.24) is 10.3 Å². The minimum Gasteiger partial charge on any atom is -0.446 e. The van der Waals surface area contributed by atoms with Gasteiger partial charge in [-0.15, -0.1) is 0 Å². The van der Waals surface area contributed by atoms with E-state index in [1.807, 2.05) is 37.3 Å². The molecule has 7 heteroatoms. The van der Waals surface area contributed by atoms with Gasteiger partial charge in [0, 0.05) is 12.0 Å². The standard InChI is InChI=1S/C16H17N3O4/c1-10-12(23-13(18-10)11-5-3-2-4-6-11)7-8-16(14(17)20)9-22-15(21)19-16/h2-6H,7-9H2,1H3,(H2,17,20)(H,19,21). The highest BCUT2D eigenvalue weighted by atomic mass is 16.6. The molecule has 0 spiro atoms. The number of cyclic esters (lactones) is 1. The van der Waals surface area contributed by atoms with Gasteiger partial charge >= 0.3 is 6.09 Å². The molecule has 0 saturated carbocycles. The van der Waals surface area contributed by atoms with E-state index in [-0.39, 0.29) is 6.61 Å². The van der Waals surface area contributed by atoms with Gasteiger partial charge in [-0.2, -0.15) is 0 Å². The highest BCUT2D eigenvalue weighted by Crippen LogP contribution is 2.25. The second-order valence-corrected chi connectivity index (χ2v) is 5.54. The molecule has 0 aliphatic carbocycles. The predicted molar refractivity (Wildman–Crippen MR) is 81.4 cm³/mol. The lowest BCUT2D eigenvalue weighted by Gasteiger charge is -2.21. The molecule has 1 aliphatic heterocycles. The van der Waals surface area contributed by atoms with Crippen molar-refractivity contribution in [3.05, 3.63) is 41.8 Å². The lowest BCUT2D eigenvalue weighted by molar-refractivity contribution is -0.124. The molecule has 3 N–H and O–H groups in total. The van der Waals surface area contributed by atoms with Crippen molar-refractivity contribution >= 4 is 12.0 Å². The Morgan fingerprint density at radius 3 is 2.74 bits per heavy atom. The molecular weight excluding hydrogens is 298 g/mol. The fourth-order valence-corrected chi connectivity index (χ4v) is 2.54. The largest absolute Gasteiger partial charge is 0.446 e. The van der Waals surface area contributed by atoms with Gasteiger partial charge in [-0.3, -0.25) is 4.79 Å². The minimum absolute atomic E-state index is 0.0695. The Hall–Kier alpha value is -2.83. The average molecular weight is 315 g/mol. The number of benzene rings is 1. The number of rotatable bonds is 5. The Bertz CT molecular complexity index is 741. The number of nitrogens with zero attached hydrogens (tertiary/aromatic N) is 1. The molecular formula is C16H17N3O4. The van der Waals surface area contributed by atoms with Gasteiger partial charge in [0.25, 0.3) is 0 Å². The van der Waals surface area contributed by atoms with E-state index in [9.17, 15) is 9.59 Å². The summed E-state index contributed by atoms with van der Waals surface area (Å²) in [5.74, 6) is 0.562. The summed E-state index contributed by atoms with van der Waals surface area (Å²) in [6.45, 7) is 1.77. The van der Waals surface area contributed by atoms with E-state index in [2.05, 4.69) is 10.3 Å². The third-order valence-electron chi connectivity index (χ3n) is 3.95. The van der Waals surface area contributed by atoms with Gasteiger partial charge < -0.3 is 20.2 Å². The quantitative estimate of drug-likeness (QED) is 0.870. The molecule has 2 aromatic rings. The van der Waals surface area contributed by atoms with E-state index in [4.69, 9.17) is 14.9 Å². The number of primary amides is 1. The average Bonchev–Trinajstić information content (AvgIpc) is 3.10. The van der Waals surface area contributed by atoms with Crippen molar-refractivity contribution in [2.45, 2.75) is 25.3 Å². The second-order valence-electron chi connectivity index (χ2n) is 5.54. The third-order valence-corrected chi connectivity index (χ3v) is 3.95. The molecule has 1 atom stereocenters. The summed E-state index contributed by atoms with van der Waals surface area (Å²) < 4.78 is 10.6. The van der Waals surface area contributed by atoms with Crippen LogP contribution in [0.15, 0.2) is 34.7 Å². The van der Waals surface area contributed by atoms with Crippen LogP contribution in [0.3, 0.4) is 0 Å². The molecule has 0 bridgehead atoms. The zero-order valence-corrected chi connectivity index (χ0v) is 12.7. The maximum Gasteiger partial charge on any atom is 0.408 e. The maximum absolute atomic E-state index is 11.7. The molecule has 2 heterocycles. The first-order valence-electron chi connectivity index (χ1n) is 7.27. The number of hydrogen-bond donors (Lipinski definition) is 2. The lowest BCUT2D eigenvalue weighted by Crippen LogP contribution is -2.54. The van der Waals surface area contributed by atoms with Crippen LogP contribution < -0.4 is 11.1 Å². The van der Waals surface area contributed by atoms with Gasteiger partial charge in [-0.1, -0.05) is 18.2 Å². The van der Waals surface area contributed by atoms with Crippen LogP contribution in [0.25, 0.3) is 11.5 Å². The summed E-state index contributed by atoms with van der Waals surface area (Å²) in [5.41, 5.74) is 5.85. The van der Waals surface area contributed by atoms with Crippen LogP contribution in [0.4, 0.5) is 4.79 Å². The first-order chi connectivity index (χ1) is 11.0. The van der Waals surface area contributed by atoms with Gasteiger partial charge in [-0.05, 0) is 25.5 Å². The molecule has 23 heavy (non-hydrogen) atoms. The van der Waals surface area contributed by atoms with E-state index in [1.165, 1.54) is 0 Å². The topological polar surface area (TPSA) is 107 Å². The van der Waals surface area contributed by atoms with E-state index in [0.717, 1.165) is 11.3 Å². The fraction of sp³-hybridized carbons (Fsp3) is 0.312. The number of aryl methyl sites for hydroxylation is 2. The number of alkyl carbamates (subject to hydrolysis) is 1. The molecule has 2 amide bonds. The number of carbonyl (C=O) groups excluding carboxylic acids is 2. The molecule has 120 valence electrons. The summed E-state index contributed by atoms with van der Waals surface area (Å²) in [7, 11) is 0. The highest BCUT2D eigenvalue weighted by molar-refractivity contribution is 5.91. The molecule has 1 fully saturated rings. The van der Waals surface area contributed by atoms with E-state index < -0.39 is 17.5 Å². The SMILES string of the molecule is Cc1nc(-c2ccccc2)oc1CCC1(C(N)=O)COC(=O)N1. The zero-order valence-electron chi connectivity index (χ0n) is 12.7. The van der Waals surface area contributed by atoms with Crippen LogP contribution in [0, 0.1) is 6.92 Å². The molecule has 3 rings (SSSR count). The lowest BCUT2D eigenvalue weighted by atomic mass is 9.93. The smallest absolute Gasteiger partial charge is 0.408 e. The van der Waals surface area contributed by atoms with E-state index >= 15 is 0 Å². The summed E-state index contributed by atoms with van der Waals surface area (Å²) >= 11 is 0. The van der Waals surface area contributed by atoms with Crippen LogP contribution >= 0.6 is 0 Å². The third kappa shape index (κ3) is 2.90. The second kappa shape index (κ2) is 5.75. The molecule has 0 radical (unpaired) electrons. The number of aromatic nitrogens is 1. The van der Waals surface area contributed by atoms with Crippen LogP contribution in [-0.4, -0.2) is 29.1 Å². The summed E-state index contributed by atoms with van der Waals surface area (Å²) in [6, 6.07) is 9.54. The summed E-state index contributed by atoms with van der Waals surface area (Å²) in [4.78, 5) is 27.3. The number of carbonyl (C=O) groups is 2. The number of amides is 2. The number of oxazole rings is 1. The highest BCUT2D eigenvalue weighted by Gasteiger charge is 2.45. The Morgan fingerprint density at radius 2 is 2.13 bits per heavy atom. The number of nitrogens with two attached hydrogens (primary N) is 1. The Balaban J connectivity index is 1.77. The van der Waals surface area contributed by atoms with Crippen molar-refractivity contribution in [2.24, 2.45) is 5.73 Å². The van der Waals surface area contributed by atoms with Gasteiger partial charge in [0.05, 0.1) is 5.69 Å². The van der Waals surface area contributed by atoms with Crippen LogP contribution in [0.5, 0.6) is 0 Å².